The number of ether oxygens (including phenoxy) is 1. The Kier molecular flexibility index (Phi) is 10.7. The third kappa shape index (κ3) is 5.19. The molecule has 25 heavy (non-hydrogen) atoms. The number of hydrogen-bond acceptors (Lipinski definition) is 5. The van der Waals surface area contributed by atoms with E-state index in [1.807, 2.05) is 0 Å². The van der Waals surface area contributed by atoms with E-state index in [9.17, 15) is 19.2 Å². The maximum absolute atomic E-state index is 10.8. The molecule has 1 aliphatic heterocycles. The minimum absolute atomic E-state index is 0. The molecule has 126 valence electrons. The Morgan fingerprint density at radius 1 is 0.760 bits per heavy atom. The van der Waals surface area contributed by atoms with Crippen LogP contribution in [0.5, 0.6) is 0 Å². The average Bonchev–Trinajstić information content (AvgIpc) is 3.11. The van der Waals surface area contributed by atoms with Crippen LogP contribution in [0.2, 0.25) is 0 Å². The molecule has 3 heterocycles. The summed E-state index contributed by atoms with van der Waals surface area (Å²) in [5.41, 5.74) is 0.866. The van der Waals surface area contributed by atoms with Crippen LogP contribution >= 0.6 is 0 Å². The molecule has 2 N–H and O–H groups in total. The Morgan fingerprint density at radius 3 is 1.40 bits per heavy atom. The first-order chi connectivity index (χ1) is 9.91. The number of aromatic nitrogens is 2. The first kappa shape index (κ1) is 26.3. The van der Waals surface area contributed by atoms with Gasteiger partial charge in [0, 0.05) is 40.8 Å². The molecule has 0 aliphatic carbocycles. The van der Waals surface area contributed by atoms with Crippen molar-refractivity contribution in [3.63, 3.8) is 0 Å². The van der Waals surface area contributed by atoms with Gasteiger partial charge in [0.15, 0.2) is 5.97 Å². The van der Waals surface area contributed by atoms with Crippen molar-refractivity contribution in [1.29, 1.82) is 0 Å². The first-order valence-corrected chi connectivity index (χ1v) is 5.72. The van der Waals surface area contributed by atoms with Crippen LogP contribution < -0.4 is 0 Å². The number of fused-ring (bicyclic) bond motifs is 1. The number of esters is 2. The molecule has 2 radical (unpaired) electrons. The van der Waals surface area contributed by atoms with Crippen LogP contribution in [0.1, 0.15) is 55.3 Å². The molecule has 0 fully saturated rings. The number of aromatic amines is 2. The molecule has 1 aliphatic rings. The molecule has 3 rings (SSSR count). The van der Waals surface area contributed by atoms with Gasteiger partial charge in [-0.2, -0.15) is 11.1 Å². The fourth-order valence-corrected chi connectivity index (χ4v) is 1.58. The van der Waals surface area contributed by atoms with Gasteiger partial charge in [0.25, 0.3) is 0 Å². The van der Waals surface area contributed by atoms with Gasteiger partial charge in [-0.25, -0.2) is 23.5 Å². The van der Waals surface area contributed by atoms with Gasteiger partial charge >= 0.3 is 0 Å². The smallest absolute Gasteiger partial charge is 0.227 e. The van der Waals surface area contributed by atoms with Gasteiger partial charge in [-0.1, -0.05) is 6.92 Å². The summed E-state index contributed by atoms with van der Waals surface area (Å²) in [4.78, 5) is 47.7. The Balaban J connectivity index is -0.000000334. The third-order valence-electron chi connectivity index (χ3n) is 2.55. The molecule has 0 amide bonds. The zero-order valence-electron chi connectivity index (χ0n) is 13.2. The second kappa shape index (κ2) is 10.2. The van der Waals surface area contributed by atoms with E-state index >= 15 is 0 Å². The molecule has 0 aromatic carbocycles. The molecular weight excluding hydrogens is 1180 g/mol. The van der Waals surface area contributed by atoms with Crippen LogP contribution in [-0.2, 0) is 45.6 Å². The van der Waals surface area contributed by atoms with Crippen molar-refractivity contribution >= 4 is 23.5 Å². The Labute approximate surface area is 158 Å². The molecule has 7 nitrogen and oxygen atoms in total. The molecule has 2 aromatic heterocycles. The topological polar surface area (TPSA) is 109 Å². The molecular formula is C14H8N2O5Re2Rf2-4. The molecule has 2 aromatic rings. The van der Waals surface area contributed by atoms with E-state index in [-0.39, 0.29) is 74.7 Å². The molecule has 0 spiro atoms. The quantitative estimate of drug-likeness (QED) is 0.202. The summed E-state index contributed by atoms with van der Waals surface area (Å²) in [5.74, 6) is -1.66. The van der Waals surface area contributed by atoms with Crippen LogP contribution in [0.25, 0.3) is 0 Å². The Bertz CT molecular complexity index is 701. The van der Waals surface area contributed by atoms with Crippen molar-refractivity contribution in [1.82, 2.24) is 9.97 Å². The minimum Gasteiger partial charge on any atom is -0.556 e. The predicted molar refractivity (Wildman–Crippen MR) is 66.7 cm³/mol. The van der Waals surface area contributed by atoms with Crippen molar-refractivity contribution in [3.05, 3.63) is 47.0 Å². The summed E-state index contributed by atoms with van der Waals surface area (Å²) in [5, 5.41) is 0. The fourth-order valence-electron chi connectivity index (χ4n) is 1.58. The second-order valence-electron chi connectivity index (χ2n) is 4.04. The molecule has 11 heteroatoms. The number of rotatable bonds is 2. The van der Waals surface area contributed by atoms with Crippen molar-refractivity contribution in [2.75, 3.05) is 0 Å². The van der Waals surface area contributed by atoms with Crippen LogP contribution in [-0.4, -0.2) is 33.5 Å². The minimum atomic E-state index is -0.655. The number of Topliss-reactive ketones (excluding diaryl/α,β-unsaturated/α-hetero) is 2. The van der Waals surface area contributed by atoms with Gasteiger partial charge < -0.3 is 29.1 Å². The fraction of sp³-hybridized carbons (Fsp3) is 0.143. The summed E-state index contributed by atoms with van der Waals surface area (Å²) in [6.07, 6.45) is 9.91. The maximum Gasteiger partial charge on any atom is 0.227 e. The number of nitrogens with one attached hydrogen (secondary N) is 2. The number of hydrogen-bond donors (Lipinski definition) is 2. The van der Waals surface area contributed by atoms with Gasteiger partial charge in [-0.15, -0.1) is 0 Å². The molecule has 0 unspecified atom stereocenters. The van der Waals surface area contributed by atoms with Crippen molar-refractivity contribution in [3.8, 4) is 0 Å². The molecule has 0 atom stereocenters. The third-order valence-corrected chi connectivity index (χ3v) is 2.55. The van der Waals surface area contributed by atoms with Crippen LogP contribution in [0.15, 0.2) is 0 Å². The van der Waals surface area contributed by atoms with Gasteiger partial charge in [0.05, 0.1) is 5.78 Å². The van der Waals surface area contributed by atoms with E-state index in [1.54, 1.807) is 0 Å². The maximum atomic E-state index is 10.8. The van der Waals surface area contributed by atoms with Crippen LogP contribution in [0.4, 0.5) is 0 Å². The molecule has 0 bridgehead atoms. The zero-order valence-corrected chi connectivity index (χ0v) is 31.4. The van der Waals surface area contributed by atoms with Gasteiger partial charge in [-0.3, -0.25) is 17.2 Å². The van der Waals surface area contributed by atoms with Gasteiger partial charge in [-0.05, 0) is 12.7 Å². The number of ketones is 2. The monoisotopic (exact) mass is 1190 g/mol. The summed E-state index contributed by atoms with van der Waals surface area (Å²) < 4.78 is 4.21. The normalized spacial score (nSPS) is 10.3. The first-order valence-electron chi connectivity index (χ1n) is 5.72. The van der Waals surface area contributed by atoms with E-state index in [0.717, 1.165) is 0 Å². The molecule has 0 saturated heterocycles. The van der Waals surface area contributed by atoms with Crippen molar-refractivity contribution in [2.24, 2.45) is 0 Å². The van der Waals surface area contributed by atoms with Gasteiger partial charge in [0.1, 0.15) is 0 Å². The zero-order chi connectivity index (χ0) is 15.6. The van der Waals surface area contributed by atoms with Crippen molar-refractivity contribution in [2.45, 2.75) is 13.8 Å². The molecule has 0 saturated carbocycles. The predicted octanol–water partition coefficient (Wildman–Crippen LogP) is 0.941. The largest absolute Gasteiger partial charge is 0.556 e. The summed E-state index contributed by atoms with van der Waals surface area (Å²) in [7, 11) is 0. The van der Waals surface area contributed by atoms with Gasteiger partial charge in [0.2, 0.25) is 5.97 Å². The summed E-state index contributed by atoms with van der Waals surface area (Å²) >= 11 is 0. The van der Waals surface area contributed by atoms with Crippen LogP contribution in [0.3, 0.4) is 0 Å². The van der Waals surface area contributed by atoms with E-state index in [0.29, 0.717) is 0 Å². The van der Waals surface area contributed by atoms with E-state index in [4.69, 9.17) is 0 Å². The average molecular weight is 1190 g/mol. The van der Waals surface area contributed by atoms with Crippen molar-refractivity contribution < 1.29 is 64.8 Å². The second-order valence-corrected chi connectivity index (χ2v) is 4.04. The van der Waals surface area contributed by atoms with E-state index < -0.39 is 11.9 Å². The Morgan fingerprint density at radius 2 is 1.08 bits per heavy atom. The summed E-state index contributed by atoms with van der Waals surface area (Å²) in [6.45, 7) is 2.78. The van der Waals surface area contributed by atoms with E-state index in [2.05, 4.69) is 39.5 Å². The van der Waals surface area contributed by atoms with Crippen LogP contribution in [0, 0.1) is 24.8 Å². The standard InChI is InChI=1S/C8H7NO2.C6HNO3.2Re.2Rf/c1-5(10)7-3-9-4-8(7)6(2)11;8-5-3-1-7-2-4(3)6(9)10-5;;;;/h9H,1-2H3;7H;;;;/q2*-2;;;;. The number of cyclic esters (lactones) is 2. The Hall–Kier alpha value is -3.64. The van der Waals surface area contributed by atoms with E-state index in [1.165, 1.54) is 13.8 Å². The number of H-pyrrole nitrogens is 2. The number of carbonyl (C=O) groups excluding carboxylic acids is 4. The summed E-state index contributed by atoms with van der Waals surface area (Å²) in [6, 6.07) is 0. The SMILES string of the molecule is CC(=O)c1[c-][nH][c-]c1C(C)=O.O=C1OC(=O)c2[c-][nH][c-]c21.[Re].[Re].[Rf].[Rf]. The number of carbonyl (C=O) groups is 4.